The Morgan fingerprint density at radius 2 is 2.13 bits per heavy atom. The van der Waals surface area contributed by atoms with Crippen LogP contribution in [0.15, 0.2) is 0 Å². The molecule has 6 nitrogen and oxygen atoms in total. The maximum absolute atomic E-state index is 9.11. The number of nitrogens with one attached hydrogen (secondary N) is 1. The first kappa shape index (κ1) is 10.4. The van der Waals surface area contributed by atoms with Gasteiger partial charge in [0.2, 0.25) is 11.9 Å². The summed E-state index contributed by atoms with van der Waals surface area (Å²) < 4.78 is 0. The minimum absolute atomic E-state index is 0.156. The maximum atomic E-state index is 9.11. The van der Waals surface area contributed by atoms with E-state index in [2.05, 4.69) is 20.3 Å². The van der Waals surface area contributed by atoms with Gasteiger partial charge < -0.3 is 16.2 Å². The number of aromatic nitrogens is 3. The number of aliphatic hydroxyl groups is 1. The van der Waals surface area contributed by atoms with Gasteiger partial charge in [-0.15, -0.1) is 11.6 Å². The Morgan fingerprint density at radius 1 is 1.40 bits per heavy atom. The third-order valence-electron chi connectivity index (χ3n) is 2.26. The smallest absolute Gasteiger partial charge is 0.228 e. The Morgan fingerprint density at radius 3 is 2.73 bits per heavy atom. The monoisotopic (exact) mass is 229 g/mol. The van der Waals surface area contributed by atoms with Crippen LogP contribution in [0.25, 0.3) is 0 Å². The Kier molecular flexibility index (Phi) is 2.88. The van der Waals surface area contributed by atoms with Crippen LogP contribution in [0.4, 0.5) is 11.9 Å². The molecule has 1 aromatic rings. The minimum atomic E-state index is -0.214. The lowest BCUT2D eigenvalue weighted by Gasteiger charge is -2.31. The molecule has 2 rings (SSSR count). The summed E-state index contributed by atoms with van der Waals surface area (Å²) >= 11 is 5.60. The van der Waals surface area contributed by atoms with Crippen molar-refractivity contribution in [2.75, 3.05) is 11.1 Å². The third kappa shape index (κ3) is 2.45. The van der Waals surface area contributed by atoms with E-state index in [1.807, 2.05) is 0 Å². The maximum Gasteiger partial charge on any atom is 0.228 e. The summed E-state index contributed by atoms with van der Waals surface area (Å²) in [6.45, 7) is 0. The number of hydrogen-bond donors (Lipinski definition) is 3. The largest absolute Gasteiger partial charge is 0.393 e. The van der Waals surface area contributed by atoms with Gasteiger partial charge in [0.15, 0.2) is 5.82 Å². The predicted octanol–water partition coefficient (Wildman–Crippen LogP) is 0.128. The summed E-state index contributed by atoms with van der Waals surface area (Å²) in [5, 5.41) is 12.2. The zero-order valence-electron chi connectivity index (χ0n) is 8.02. The van der Waals surface area contributed by atoms with Gasteiger partial charge in [-0.05, 0) is 12.8 Å². The van der Waals surface area contributed by atoms with Crippen LogP contribution in [0, 0.1) is 0 Å². The number of hydrogen-bond acceptors (Lipinski definition) is 6. The minimum Gasteiger partial charge on any atom is -0.393 e. The van der Waals surface area contributed by atoms with E-state index in [9.17, 15) is 0 Å². The standard InChI is InChI=1S/C8H12ClN5O/c9-3-6-12-7(10)14-8(13-6)11-4-1-5(15)2-4/h4-5,15H,1-3H2,(H3,10,11,12,13,14). The van der Waals surface area contributed by atoms with Crippen molar-refractivity contribution < 1.29 is 5.11 Å². The van der Waals surface area contributed by atoms with E-state index in [0.29, 0.717) is 24.6 Å². The number of halogens is 1. The van der Waals surface area contributed by atoms with Crippen molar-refractivity contribution in [1.29, 1.82) is 0 Å². The molecule has 0 unspecified atom stereocenters. The Balaban J connectivity index is 2.04. The summed E-state index contributed by atoms with van der Waals surface area (Å²) in [6.07, 6.45) is 1.21. The average molecular weight is 230 g/mol. The molecule has 0 radical (unpaired) electrons. The van der Waals surface area contributed by atoms with E-state index in [0.717, 1.165) is 0 Å². The van der Waals surface area contributed by atoms with Crippen molar-refractivity contribution in [1.82, 2.24) is 15.0 Å². The number of anilines is 2. The SMILES string of the molecule is Nc1nc(CCl)nc(NC2CC(O)C2)n1. The predicted molar refractivity (Wildman–Crippen MR) is 56.4 cm³/mol. The Bertz CT molecular complexity index is 355. The van der Waals surface area contributed by atoms with Crippen molar-refractivity contribution in [2.45, 2.75) is 30.9 Å². The molecular weight excluding hydrogens is 218 g/mol. The lowest BCUT2D eigenvalue weighted by Crippen LogP contribution is -2.39. The first-order valence-corrected chi connectivity index (χ1v) is 5.22. The van der Waals surface area contributed by atoms with Gasteiger partial charge in [0.25, 0.3) is 0 Å². The van der Waals surface area contributed by atoms with E-state index in [4.69, 9.17) is 22.4 Å². The van der Waals surface area contributed by atoms with E-state index in [-0.39, 0.29) is 24.0 Å². The number of nitrogens with two attached hydrogens (primary N) is 1. The number of nitrogens with zero attached hydrogens (tertiary/aromatic N) is 3. The van der Waals surface area contributed by atoms with Gasteiger partial charge in [-0.1, -0.05) is 0 Å². The van der Waals surface area contributed by atoms with Gasteiger partial charge in [-0.3, -0.25) is 0 Å². The summed E-state index contributed by atoms with van der Waals surface area (Å²) in [4.78, 5) is 11.9. The molecule has 82 valence electrons. The normalized spacial score (nSPS) is 24.7. The molecule has 1 heterocycles. The van der Waals surface area contributed by atoms with Gasteiger partial charge in [0.1, 0.15) is 0 Å². The van der Waals surface area contributed by atoms with E-state index in [1.54, 1.807) is 0 Å². The zero-order valence-corrected chi connectivity index (χ0v) is 8.78. The van der Waals surface area contributed by atoms with Gasteiger partial charge in [0.05, 0.1) is 12.0 Å². The molecule has 1 aliphatic rings. The second-order valence-electron chi connectivity index (χ2n) is 3.53. The molecule has 1 aliphatic carbocycles. The molecule has 0 bridgehead atoms. The van der Waals surface area contributed by atoms with Crippen LogP contribution < -0.4 is 11.1 Å². The van der Waals surface area contributed by atoms with Crippen LogP contribution in [0.3, 0.4) is 0 Å². The van der Waals surface area contributed by atoms with E-state index >= 15 is 0 Å². The van der Waals surface area contributed by atoms with Crippen molar-refractivity contribution in [3.63, 3.8) is 0 Å². The number of rotatable bonds is 3. The first-order chi connectivity index (χ1) is 7.17. The fourth-order valence-corrected chi connectivity index (χ4v) is 1.57. The fraction of sp³-hybridized carbons (Fsp3) is 0.625. The Hall–Kier alpha value is -1.14. The first-order valence-electron chi connectivity index (χ1n) is 4.68. The molecule has 0 amide bonds. The van der Waals surface area contributed by atoms with E-state index < -0.39 is 0 Å². The summed E-state index contributed by atoms with van der Waals surface area (Å²) in [7, 11) is 0. The molecule has 1 aromatic heterocycles. The zero-order chi connectivity index (χ0) is 10.8. The van der Waals surface area contributed by atoms with Crippen molar-refractivity contribution in [2.24, 2.45) is 0 Å². The van der Waals surface area contributed by atoms with Crippen LogP contribution in [-0.2, 0) is 5.88 Å². The highest BCUT2D eigenvalue weighted by atomic mass is 35.5. The van der Waals surface area contributed by atoms with Crippen molar-refractivity contribution in [3.05, 3.63) is 5.82 Å². The van der Waals surface area contributed by atoms with Crippen LogP contribution in [-0.4, -0.2) is 32.2 Å². The third-order valence-corrected chi connectivity index (χ3v) is 2.50. The lowest BCUT2D eigenvalue weighted by molar-refractivity contribution is 0.0834. The van der Waals surface area contributed by atoms with Crippen LogP contribution in [0.5, 0.6) is 0 Å². The van der Waals surface area contributed by atoms with Crippen LogP contribution >= 0.6 is 11.6 Å². The number of nitrogen functional groups attached to an aromatic ring is 1. The molecule has 0 saturated heterocycles. The van der Waals surface area contributed by atoms with Gasteiger partial charge in [-0.2, -0.15) is 15.0 Å². The molecule has 0 aliphatic heterocycles. The summed E-state index contributed by atoms with van der Waals surface area (Å²) in [5.74, 6) is 1.24. The molecular formula is C8H12ClN5O. The molecule has 1 fully saturated rings. The second-order valence-corrected chi connectivity index (χ2v) is 3.80. The molecule has 1 saturated carbocycles. The van der Waals surface area contributed by atoms with Crippen LogP contribution in [0.1, 0.15) is 18.7 Å². The van der Waals surface area contributed by atoms with Crippen LogP contribution in [0.2, 0.25) is 0 Å². The number of aliphatic hydroxyl groups excluding tert-OH is 1. The Labute approximate surface area is 91.9 Å². The average Bonchev–Trinajstić information content (AvgIpc) is 2.14. The van der Waals surface area contributed by atoms with E-state index in [1.165, 1.54) is 0 Å². The van der Waals surface area contributed by atoms with Crippen molar-refractivity contribution >= 4 is 23.5 Å². The highest BCUT2D eigenvalue weighted by molar-refractivity contribution is 6.16. The fourth-order valence-electron chi connectivity index (χ4n) is 1.45. The quantitative estimate of drug-likeness (QED) is 0.638. The molecule has 0 atom stereocenters. The summed E-state index contributed by atoms with van der Waals surface area (Å²) in [5.41, 5.74) is 5.49. The summed E-state index contributed by atoms with van der Waals surface area (Å²) in [6, 6.07) is 0.213. The van der Waals surface area contributed by atoms with Gasteiger partial charge in [0, 0.05) is 6.04 Å². The molecule has 0 spiro atoms. The topological polar surface area (TPSA) is 97.0 Å². The second kappa shape index (κ2) is 4.16. The molecule has 15 heavy (non-hydrogen) atoms. The van der Waals surface area contributed by atoms with Gasteiger partial charge in [-0.25, -0.2) is 0 Å². The molecule has 0 aromatic carbocycles. The van der Waals surface area contributed by atoms with Gasteiger partial charge >= 0.3 is 0 Å². The molecule has 7 heteroatoms. The number of alkyl halides is 1. The lowest BCUT2D eigenvalue weighted by atomic mass is 9.90. The highest BCUT2D eigenvalue weighted by Crippen LogP contribution is 2.22. The van der Waals surface area contributed by atoms with Crippen molar-refractivity contribution in [3.8, 4) is 0 Å². The highest BCUT2D eigenvalue weighted by Gasteiger charge is 2.27. The molecule has 4 N–H and O–H groups in total.